The van der Waals surface area contributed by atoms with Gasteiger partial charge in [0.25, 0.3) is 0 Å². The number of aliphatic hydroxyl groups is 1. The highest BCUT2D eigenvalue weighted by Gasteiger charge is 2.18. The minimum absolute atomic E-state index is 0.0233. The van der Waals surface area contributed by atoms with E-state index in [-0.39, 0.29) is 17.1 Å². The van der Waals surface area contributed by atoms with E-state index in [9.17, 15) is 9.50 Å². The fourth-order valence-corrected chi connectivity index (χ4v) is 2.96. The van der Waals surface area contributed by atoms with E-state index in [1.54, 1.807) is 13.0 Å². The molecule has 0 aliphatic rings. The Bertz CT molecular complexity index is 398. The van der Waals surface area contributed by atoms with Crippen molar-refractivity contribution in [3.63, 3.8) is 0 Å². The minimum atomic E-state index is -0.417. The first-order chi connectivity index (χ1) is 8.97. The second-order valence-corrected chi connectivity index (χ2v) is 6.31. The van der Waals surface area contributed by atoms with Crippen molar-refractivity contribution in [3.8, 4) is 0 Å². The predicted molar refractivity (Wildman–Crippen MR) is 80.1 cm³/mol. The molecule has 0 heterocycles. The third kappa shape index (κ3) is 4.79. The van der Waals surface area contributed by atoms with Crippen LogP contribution in [-0.2, 0) is 0 Å². The van der Waals surface area contributed by atoms with E-state index >= 15 is 0 Å². The summed E-state index contributed by atoms with van der Waals surface area (Å²) in [4.78, 5) is 0.907. The Labute approximate surface area is 119 Å². The average molecular weight is 285 g/mol. The minimum Gasteiger partial charge on any atom is -0.392 e. The predicted octanol–water partition coefficient (Wildman–Crippen LogP) is 3.75. The highest BCUT2D eigenvalue weighted by molar-refractivity contribution is 8.00. The van der Waals surface area contributed by atoms with Gasteiger partial charge in [0.1, 0.15) is 5.82 Å². The first-order valence-electron chi connectivity index (χ1n) is 6.83. The standard InChI is InChI=1S/C15H24FNOS/c1-5-9-17-10(2)15-13(16)7-6-8-14(15)19-12(4)11(3)18/h6-8,10-12,17-18H,5,9H2,1-4H3. The van der Waals surface area contributed by atoms with Gasteiger partial charge in [0, 0.05) is 21.8 Å². The first-order valence-corrected chi connectivity index (χ1v) is 7.71. The lowest BCUT2D eigenvalue weighted by molar-refractivity contribution is 0.196. The van der Waals surface area contributed by atoms with Crippen LogP contribution in [0.4, 0.5) is 4.39 Å². The summed E-state index contributed by atoms with van der Waals surface area (Å²) < 4.78 is 14.1. The number of benzene rings is 1. The third-order valence-electron chi connectivity index (χ3n) is 3.14. The Hall–Kier alpha value is -0.580. The third-order valence-corrected chi connectivity index (χ3v) is 4.51. The highest BCUT2D eigenvalue weighted by atomic mass is 32.2. The smallest absolute Gasteiger partial charge is 0.129 e. The van der Waals surface area contributed by atoms with Crippen LogP contribution in [0, 0.1) is 5.82 Å². The van der Waals surface area contributed by atoms with Gasteiger partial charge in [-0.05, 0) is 38.9 Å². The molecule has 0 saturated heterocycles. The van der Waals surface area contributed by atoms with Gasteiger partial charge in [-0.3, -0.25) is 0 Å². The maximum Gasteiger partial charge on any atom is 0.129 e. The van der Waals surface area contributed by atoms with Gasteiger partial charge in [0.15, 0.2) is 0 Å². The van der Waals surface area contributed by atoms with Crippen molar-refractivity contribution in [2.24, 2.45) is 0 Å². The molecule has 1 rings (SSSR count). The van der Waals surface area contributed by atoms with Crippen LogP contribution in [-0.4, -0.2) is 23.0 Å². The van der Waals surface area contributed by atoms with Gasteiger partial charge >= 0.3 is 0 Å². The van der Waals surface area contributed by atoms with E-state index in [0.717, 1.165) is 17.9 Å². The summed E-state index contributed by atoms with van der Waals surface area (Å²) in [7, 11) is 0. The molecule has 0 bridgehead atoms. The topological polar surface area (TPSA) is 32.3 Å². The molecule has 2 N–H and O–H groups in total. The number of rotatable bonds is 7. The fourth-order valence-electron chi connectivity index (χ4n) is 1.80. The van der Waals surface area contributed by atoms with Crippen LogP contribution in [0.1, 0.15) is 45.7 Å². The Morgan fingerprint density at radius 3 is 2.58 bits per heavy atom. The Balaban J connectivity index is 2.94. The van der Waals surface area contributed by atoms with Crippen molar-refractivity contribution in [1.82, 2.24) is 5.32 Å². The Kier molecular flexibility index (Phi) is 6.83. The summed E-state index contributed by atoms with van der Waals surface area (Å²) in [5, 5.41) is 12.9. The maximum absolute atomic E-state index is 14.1. The molecule has 19 heavy (non-hydrogen) atoms. The zero-order valence-electron chi connectivity index (χ0n) is 12.1. The zero-order valence-corrected chi connectivity index (χ0v) is 12.9. The molecule has 0 aliphatic carbocycles. The second kappa shape index (κ2) is 7.88. The average Bonchev–Trinajstić information content (AvgIpc) is 2.36. The lowest BCUT2D eigenvalue weighted by atomic mass is 10.1. The van der Waals surface area contributed by atoms with Gasteiger partial charge in [-0.25, -0.2) is 4.39 Å². The molecule has 4 heteroatoms. The van der Waals surface area contributed by atoms with Gasteiger partial charge in [-0.15, -0.1) is 11.8 Å². The van der Waals surface area contributed by atoms with E-state index in [4.69, 9.17) is 0 Å². The molecule has 0 aromatic heterocycles. The quantitative estimate of drug-likeness (QED) is 0.748. The lowest BCUT2D eigenvalue weighted by Crippen LogP contribution is -2.22. The summed E-state index contributed by atoms with van der Waals surface area (Å²) in [5.74, 6) is -0.182. The monoisotopic (exact) mass is 285 g/mol. The second-order valence-electron chi connectivity index (χ2n) is 4.89. The number of aliphatic hydroxyl groups excluding tert-OH is 1. The van der Waals surface area contributed by atoms with Crippen molar-refractivity contribution in [1.29, 1.82) is 0 Å². The molecule has 3 unspecified atom stereocenters. The molecule has 2 nitrogen and oxygen atoms in total. The van der Waals surface area contributed by atoms with Crippen molar-refractivity contribution < 1.29 is 9.50 Å². The van der Waals surface area contributed by atoms with Gasteiger partial charge in [0.05, 0.1) is 6.10 Å². The summed E-state index contributed by atoms with van der Waals surface area (Å²) in [6.45, 7) is 8.65. The van der Waals surface area contributed by atoms with Crippen LogP contribution in [0.3, 0.4) is 0 Å². The van der Waals surface area contributed by atoms with E-state index in [1.165, 1.54) is 17.8 Å². The number of thioether (sulfide) groups is 1. The number of hydrogen-bond donors (Lipinski definition) is 2. The van der Waals surface area contributed by atoms with Crippen LogP contribution < -0.4 is 5.32 Å². The summed E-state index contributed by atoms with van der Waals surface area (Å²) in [5.41, 5.74) is 0.702. The fraction of sp³-hybridized carbons (Fsp3) is 0.600. The zero-order chi connectivity index (χ0) is 14.4. The summed E-state index contributed by atoms with van der Waals surface area (Å²) >= 11 is 1.52. The molecule has 1 aromatic carbocycles. The van der Waals surface area contributed by atoms with Gasteiger partial charge < -0.3 is 10.4 Å². The van der Waals surface area contributed by atoms with Crippen molar-refractivity contribution in [2.75, 3.05) is 6.54 Å². The first kappa shape index (κ1) is 16.5. The van der Waals surface area contributed by atoms with Crippen molar-refractivity contribution >= 4 is 11.8 Å². The van der Waals surface area contributed by atoms with Crippen molar-refractivity contribution in [3.05, 3.63) is 29.6 Å². The Morgan fingerprint density at radius 2 is 2.00 bits per heavy atom. The van der Waals surface area contributed by atoms with Crippen LogP contribution in [0.25, 0.3) is 0 Å². The molecule has 0 aliphatic heterocycles. The van der Waals surface area contributed by atoms with E-state index < -0.39 is 6.10 Å². The van der Waals surface area contributed by atoms with Crippen molar-refractivity contribution in [2.45, 2.75) is 56.4 Å². The normalized spacial score (nSPS) is 16.1. The molecule has 1 aromatic rings. The largest absolute Gasteiger partial charge is 0.392 e. The summed E-state index contributed by atoms with van der Waals surface area (Å²) in [6, 6.07) is 5.12. The molecular weight excluding hydrogens is 261 g/mol. The molecule has 3 atom stereocenters. The molecule has 0 radical (unpaired) electrons. The number of halogens is 1. The Morgan fingerprint density at radius 1 is 1.32 bits per heavy atom. The lowest BCUT2D eigenvalue weighted by Gasteiger charge is -2.21. The number of nitrogens with one attached hydrogen (secondary N) is 1. The van der Waals surface area contributed by atoms with Crippen LogP contribution in [0.5, 0.6) is 0 Å². The number of hydrogen-bond acceptors (Lipinski definition) is 3. The maximum atomic E-state index is 14.1. The van der Waals surface area contributed by atoms with Crippen LogP contribution >= 0.6 is 11.8 Å². The molecule has 108 valence electrons. The van der Waals surface area contributed by atoms with Gasteiger partial charge in [-0.2, -0.15) is 0 Å². The highest BCUT2D eigenvalue weighted by Crippen LogP contribution is 2.33. The SMILES string of the molecule is CCCNC(C)c1c(F)cccc1SC(C)C(C)O. The summed E-state index contributed by atoms with van der Waals surface area (Å²) in [6.07, 6.45) is 0.603. The van der Waals surface area contributed by atoms with E-state index in [1.807, 2.05) is 19.9 Å². The molecule has 0 saturated carbocycles. The molecule has 0 fully saturated rings. The molecular formula is C15H24FNOS. The van der Waals surface area contributed by atoms with E-state index in [0.29, 0.717) is 5.56 Å². The van der Waals surface area contributed by atoms with Crippen LogP contribution in [0.15, 0.2) is 23.1 Å². The van der Waals surface area contributed by atoms with Gasteiger partial charge in [-0.1, -0.05) is 19.9 Å². The van der Waals surface area contributed by atoms with Crippen LogP contribution in [0.2, 0.25) is 0 Å². The molecule has 0 amide bonds. The molecule has 0 spiro atoms. The van der Waals surface area contributed by atoms with E-state index in [2.05, 4.69) is 12.2 Å². The van der Waals surface area contributed by atoms with Gasteiger partial charge in [0.2, 0.25) is 0 Å².